The average molecular weight is 238 g/mol. The molecule has 16 heavy (non-hydrogen) atoms. The van der Waals surface area contributed by atoms with Crippen LogP contribution in [0.5, 0.6) is 0 Å². The van der Waals surface area contributed by atoms with E-state index in [1.54, 1.807) is 18.5 Å². The topological polar surface area (TPSA) is 76.7 Å². The zero-order chi connectivity index (χ0) is 10.5. The third-order valence-electron chi connectivity index (χ3n) is 1.83. The molecule has 0 aliphatic heterocycles. The quantitative estimate of drug-likeness (QED) is 0.846. The number of nitrogens with one attached hydrogen (secondary N) is 1. The summed E-state index contributed by atoms with van der Waals surface area (Å²) < 4.78 is 0. The number of halogens is 1. The van der Waals surface area contributed by atoms with Crippen molar-refractivity contribution in [1.82, 2.24) is 15.0 Å². The summed E-state index contributed by atoms with van der Waals surface area (Å²) in [5.41, 5.74) is 6.45. The molecule has 0 radical (unpaired) electrons. The van der Waals surface area contributed by atoms with Gasteiger partial charge in [0, 0.05) is 12.4 Å². The van der Waals surface area contributed by atoms with E-state index >= 15 is 0 Å². The largest absolute Gasteiger partial charge is 0.384 e. The molecule has 0 aliphatic rings. The van der Waals surface area contributed by atoms with E-state index in [1.165, 1.54) is 0 Å². The zero-order valence-corrected chi connectivity index (χ0v) is 9.31. The predicted molar refractivity (Wildman–Crippen MR) is 65.3 cm³/mol. The molecule has 0 aromatic carbocycles. The maximum absolute atomic E-state index is 5.52. The van der Waals surface area contributed by atoms with Crippen LogP contribution in [0, 0.1) is 0 Å². The number of pyridine rings is 1. The van der Waals surface area contributed by atoms with Crippen LogP contribution in [-0.2, 0) is 6.54 Å². The first-order valence-corrected chi connectivity index (χ1v) is 4.57. The maximum atomic E-state index is 5.52. The van der Waals surface area contributed by atoms with Gasteiger partial charge in [0.15, 0.2) is 0 Å². The lowest BCUT2D eigenvalue weighted by atomic mass is 10.3. The average Bonchev–Trinajstić information content (AvgIpc) is 2.28. The Labute approximate surface area is 99.6 Å². The number of anilines is 2. The highest BCUT2D eigenvalue weighted by Crippen LogP contribution is 2.03. The molecule has 0 saturated carbocycles. The summed E-state index contributed by atoms with van der Waals surface area (Å²) in [6, 6.07) is 7.38. The highest BCUT2D eigenvalue weighted by atomic mass is 35.5. The van der Waals surface area contributed by atoms with Crippen molar-refractivity contribution < 1.29 is 0 Å². The van der Waals surface area contributed by atoms with Gasteiger partial charge in [-0.25, -0.2) is 4.98 Å². The molecule has 84 valence electrons. The van der Waals surface area contributed by atoms with Crippen LogP contribution in [-0.4, -0.2) is 15.0 Å². The Morgan fingerprint density at radius 3 is 2.69 bits per heavy atom. The number of nitrogens with two attached hydrogens (primary N) is 1. The van der Waals surface area contributed by atoms with E-state index in [4.69, 9.17) is 5.73 Å². The van der Waals surface area contributed by atoms with Crippen molar-refractivity contribution >= 4 is 24.2 Å². The lowest BCUT2D eigenvalue weighted by molar-refractivity contribution is 1.00. The summed E-state index contributed by atoms with van der Waals surface area (Å²) in [4.78, 5) is 12.2. The van der Waals surface area contributed by atoms with Crippen molar-refractivity contribution in [3.05, 3.63) is 42.4 Å². The van der Waals surface area contributed by atoms with E-state index in [1.807, 2.05) is 18.2 Å². The first kappa shape index (κ1) is 12.2. The van der Waals surface area contributed by atoms with Gasteiger partial charge in [0.05, 0.1) is 12.2 Å². The van der Waals surface area contributed by atoms with Crippen molar-refractivity contribution in [1.29, 1.82) is 0 Å². The van der Waals surface area contributed by atoms with Gasteiger partial charge in [0.2, 0.25) is 5.95 Å². The molecule has 6 heteroatoms. The number of hydrogen-bond acceptors (Lipinski definition) is 5. The van der Waals surface area contributed by atoms with Gasteiger partial charge in [-0.05, 0) is 18.2 Å². The van der Waals surface area contributed by atoms with Gasteiger partial charge >= 0.3 is 0 Å². The highest BCUT2D eigenvalue weighted by molar-refractivity contribution is 5.85. The standard InChI is InChI=1S/C10H11N5.ClH/c11-9-4-6-13-10(15-9)14-7-8-3-1-2-5-12-8;/h1-6H,7H2,(H3,11,13,14,15);1H. The molecule has 5 nitrogen and oxygen atoms in total. The molecule has 0 bridgehead atoms. The molecule has 0 spiro atoms. The second kappa shape index (κ2) is 5.87. The minimum Gasteiger partial charge on any atom is -0.384 e. The summed E-state index contributed by atoms with van der Waals surface area (Å²) in [6.07, 6.45) is 3.36. The van der Waals surface area contributed by atoms with Crippen LogP contribution < -0.4 is 11.1 Å². The highest BCUT2D eigenvalue weighted by Gasteiger charge is 1.96. The van der Waals surface area contributed by atoms with E-state index in [0.717, 1.165) is 5.69 Å². The SMILES string of the molecule is Cl.Nc1ccnc(NCc2ccccn2)n1. The van der Waals surface area contributed by atoms with Crippen LogP contribution in [0.15, 0.2) is 36.7 Å². The van der Waals surface area contributed by atoms with E-state index in [-0.39, 0.29) is 12.4 Å². The molecule has 2 heterocycles. The smallest absolute Gasteiger partial charge is 0.224 e. The number of nitrogen functional groups attached to an aromatic ring is 1. The number of aromatic nitrogens is 3. The fourth-order valence-corrected chi connectivity index (χ4v) is 1.13. The Morgan fingerprint density at radius 2 is 2.00 bits per heavy atom. The van der Waals surface area contributed by atoms with Crippen LogP contribution in [0.4, 0.5) is 11.8 Å². The molecular formula is C10H12ClN5. The van der Waals surface area contributed by atoms with Crippen LogP contribution >= 0.6 is 12.4 Å². The van der Waals surface area contributed by atoms with Gasteiger partial charge in [-0.3, -0.25) is 4.98 Å². The number of rotatable bonds is 3. The number of nitrogens with zero attached hydrogens (tertiary/aromatic N) is 3. The Bertz CT molecular complexity index is 434. The van der Waals surface area contributed by atoms with Crippen molar-refractivity contribution in [3.8, 4) is 0 Å². The summed E-state index contributed by atoms with van der Waals surface area (Å²) >= 11 is 0. The van der Waals surface area contributed by atoms with E-state index in [9.17, 15) is 0 Å². The zero-order valence-electron chi connectivity index (χ0n) is 8.50. The van der Waals surface area contributed by atoms with E-state index in [0.29, 0.717) is 18.3 Å². The van der Waals surface area contributed by atoms with Gasteiger partial charge in [-0.15, -0.1) is 12.4 Å². The molecule has 0 aliphatic carbocycles. The monoisotopic (exact) mass is 237 g/mol. The third-order valence-corrected chi connectivity index (χ3v) is 1.83. The Balaban J connectivity index is 0.00000128. The number of hydrogen-bond donors (Lipinski definition) is 2. The van der Waals surface area contributed by atoms with Crippen LogP contribution in [0.3, 0.4) is 0 Å². The van der Waals surface area contributed by atoms with Gasteiger partial charge < -0.3 is 11.1 Å². The normalized spacial score (nSPS) is 9.25. The van der Waals surface area contributed by atoms with Crippen LogP contribution in [0.1, 0.15) is 5.69 Å². The van der Waals surface area contributed by atoms with E-state index < -0.39 is 0 Å². The Hall–Kier alpha value is -1.88. The fraction of sp³-hybridized carbons (Fsp3) is 0.100. The van der Waals surface area contributed by atoms with E-state index in [2.05, 4.69) is 20.3 Å². The maximum Gasteiger partial charge on any atom is 0.224 e. The predicted octanol–water partition coefficient (Wildman–Crippen LogP) is 1.49. The second-order valence-corrected chi connectivity index (χ2v) is 2.98. The van der Waals surface area contributed by atoms with Crippen molar-refractivity contribution in [2.75, 3.05) is 11.1 Å². The Morgan fingerprint density at radius 1 is 1.12 bits per heavy atom. The second-order valence-electron chi connectivity index (χ2n) is 2.98. The molecule has 0 saturated heterocycles. The molecule has 3 N–H and O–H groups in total. The molecule has 2 rings (SSSR count). The third kappa shape index (κ3) is 3.36. The van der Waals surface area contributed by atoms with Gasteiger partial charge in [-0.2, -0.15) is 4.98 Å². The van der Waals surface area contributed by atoms with Crippen molar-refractivity contribution in [2.24, 2.45) is 0 Å². The fourth-order valence-electron chi connectivity index (χ4n) is 1.13. The minimum absolute atomic E-state index is 0. The lowest BCUT2D eigenvalue weighted by Crippen LogP contribution is -2.05. The molecule has 2 aromatic heterocycles. The molecular weight excluding hydrogens is 226 g/mol. The Kier molecular flexibility index (Phi) is 4.47. The van der Waals surface area contributed by atoms with Crippen molar-refractivity contribution in [3.63, 3.8) is 0 Å². The molecule has 0 unspecified atom stereocenters. The summed E-state index contributed by atoms with van der Waals surface area (Å²) in [7, 11) is 0. The molecule has 0 fully saturated rings. The van der Waals surface area contributed by atoms with Gasteiger partial charge in [0.25, 0.3) is 0 Å². The van der Waals surface area contributed by atoms with Gasteiger partial charge in [0.1, 0.15) is 5.82 Å². The summed E-state index contributed by atoms with van der Waals surface area (Å²) in [5, 5.41) is 3.04. The lowest BCUT2D eigenvalue weighted by Gasteiger charge is -2.03. The minimum atomic E-state index is 0. The molecule has 0 atom stereocenters. The molecule has 2 aromatic rings. The van der Waals surface area contributed by atoms with Crippen LogP contribution in [0.2, 0.25) is 0 Å². The van der Waals surface area contributed by atoms with Crippen molar-refractivity contribution in [2.45, 2.75) is 6.54 Å². The first-order valence-electron chi connectivity index (χ1n) is 4.57. The first-order chi connectivity index (χ1) is 7.34. The molecule has 0 amide bonds. The summed E-state index contributed by atoms with van der Waals surface area (Å²) in [6.45, 7) is 0.588. The summed E-state index contributed by atoms with van der Waals surface area (Å²) in [5.74, 6) is 0.967. The van der Waals surface area contributed by atoms with Gasteiger partial charge in [-0.1, -0.05) is 6.07 Å². The van der Waals surface area contributed by atoms with Crippen LogP contribution in [0.25, 0.3) is 0 Å².